The fourth-order valence-electron chi connectivity index (χ4n) is 6.26. The van der Waals surface area contributed by atoms with Crippen LogP contribution in [0, 0.1) is 0 Å². The van der Waals surface area contributed by atoms with Crippen LogP contribution in [-0.4, -0.2) is 70.1 Å². The number of hydrogen-bond acceptors (Lipinski definition) is 4. The highest BCUT2D eigenvalue weighted by Gasteiger charge is 2.41. The summed E-state index contributed by atoms with van der Waals surface area (Å²) in [5, 5.41) is 10.9. The third-order valence-corrected chi connectivity index (χ3v) is 8.84. The van der Waals surface area contributed by atoms with Gasteiger partial charge in [-0.25, -0.2) is 0 Å². The maximum absolute atomic E-state index is 13.4. The largest absolute Gasteiger partial charge is 0.416 e. The van der Waals surface area contributed by atoms with E-state index in [1.54, 1.807) is 24.3 Å². The van der Waals surface area contributed by atoms with Crippen molar-refractivity contribution >= 4 is 16.8 Å². The van der Waals surface area contributed by atoms with Crippen LogP contribution in [0.15, 0.2) is 60.8 Å². The van der Waals surface area contributed by atoms with Gasteiger partial charge in [-0.15, -0.1) is 0 Å². The van der Waals surface area contributed by atoms with E-state index in [2.05, 4.69) is 30.6 Å². The first-order valence-corrected chi connectivity index (χ1v) is 13.6. The van der Waals surface area contributed by atoms with Crippen LogP contribution in [0.5, 0.6) is 0 Å². The van der Waals surface area contributed by atoms with E-state index in [1.165, 1.54) is 18.3 Å². The third kappa shape index (κ3) is 5.34. The number of amides is 1. The Morgan fingerprint density at radius 2 is 1.69 bits per heavy atom. The average molecular weight is 542 g/mol. The lowest BCUT2D eigenvalue weighted by atomic mass is 9.86. The second kappa shape index (κ2) is 10.4. The van der Waals surface area contributed by atoms with Crippen molar-refractivity contribution in [2.24, 2.45) is 0 Å². The molecule has 0 radical (unpaired) electrons. The molecule has 3 heterocycles. The first-order valence-electron chi connectivity index (χ1n) is 13.6. The number of benzene rings is 2. The van der Waals surface area contributed by atoms with Gasteiger partial charge in [0.15, 0.2) is 0 Å². The molecule has 2 aromatic carbocycles. The summed E-state index contributed by atoms with van der Waals surface area (Å²) in [6, 6.07) is 14.8. The first-order chi connectivity index (χ1) is 18.5. The van der Waals surface area contributed by atoms with E-state index in [4.69, 9.17) is 0 Å². The van der Waals surface area contributed by atoms with E-state index in [0.29, 0.717) is 24.2 Å². The van der Waals surface area contributed by atoms with E-state index in [0.717, 1.165) is 48.2 Å². The molecule has 0 bridgehead atoms. The molecule has 6 nitrogen and oxygen atoms in total. The SMILES string of the molecule is C[C@H](c1ccc(C(F)(F)F)cc1)N1CCN(C2(C)CCN(C(=O)c3cc[n+](O)c4ccccc34)CC2)C[C@@H]1C. The van der Waals surface area contributed by atoms with E-state index < -0.39 is 11.7 Å². The van der Waals surface area contributed by atoms with Crippen LogP contribution in [0.3, 0.4) is 0 Å². The van der Waals surface area contributed by atoms with Gasteiger partial charge >= 0.3 is 6.18 Å². The van der Waals surface area contributed by atoms with Gasteiger partial charge in [-0.2, -0.15) is 13.2 Å². The Morgan fingerprint density at radius 1 is 1.03 bits per heavy atom. The smallest absolute Gasteiger partial charge is 0.338 e. The Hall–Kier alpha value is -3.17. The zero-order chi connectivity index (χ0) is 27.9. The summed E-state index contributed by atoms with van der Waals surface area (Å²) in [7, 11) is 0. The first kappa shape index (κ1) is 27.4. The fourth-order valence-corrected chi connectivity index (χ4v) is 6.26. The molecule has 1 N–H and O–H groups in total. The standard InChI is InChI=1S/C30H36F3N4O2/c1-21-20-35(18-19-36(21)22(2)23-8-10-24(11-9-23)30(31,32)33)29(3)13-16-34(17-14-29)28(38)26-12-15-37(39)27-7-5-4-6-25(26)27/h4-12,15,21-22,39H,13-14,16-20H2,1-3H3/q+1/t21-,22+/m0/s1. The van der Waals surface area contributed by atoms with Gasteiger partial charge in [0, 0.05) is 67.2 Å². The Balaban J connectivity index is 1.21. The van der Waals surface area contributed by atoms with Crippen LogP contribution < -0.4 is 4.73 Å². The van der Waals surface area contributed by atoms with Gasteiger partial charge in [0.25, 0.3) is 11.4 Å². The number of carbonyl (C=O) groups is 1. The van der Waals surface area contributed by atoms with E-state index in [9.17, 15) is 23.2 Å². The highest BCUT2D eigenvalue weighted by Crippen LogP contribution is 2.35. The summed E-state index contributed by atoms with van der Waals surface area (Å²) in [5.74, 6) is -0.0163. The monoisotopic (exact) mass is 541 g/mol. The number of piperidine rings is 1. The average Bonchev–Trinajstić information content (AvgIpc) is 2.93. The number of rotatable bonds is 4. The maximum atomic E-state index is 13.4. The molecule has 2 aliphatic rings. The van der Waals surface area contributed by atoms with Gasteiger partial charge in [-0.3, -0.25) is 19.8 Å². The minimum Gasteiger partial charge on any atom is -0.338 e. The molecule has 39 heavy (non-hydrogen) atoms. The normalized spacial score (nSPS) is 21.7. The Kier molecular flexibility index (Phi) is 7.33. The van der Waals surface area contributed by atoms with Crippen molar-refractivity contribution in [3.05, 3.63) is 77.5 Å². The van der Waals surface area contributed by atoms with Gasteiger partial charge < -0.3 is 4.90 Å². The van der Waals surface area contributed by atoms with E-state index in [-0.39, 0.29) is 23.5 Å². The molecule has 1 amide bonds. The lowest BCUT2D eigenvalue weighted by Crippen LogP contribution is -2.62. The summed E-state index contributed by atoms with van der Waals surface area (Å²) in [5.41, 5.74) is 1.44. The second-order valence-electron chi connectivity index (χ2n) is 11.2. The molecular weight excluding hydrogens is 505 g/mol. The molecular formula is C30H36F3N4O2+. The molecule has 0 saturated carbocycles. The minimum atomic E-state index is -4.33. The second-order valence-corrected chi connectivity index (χ2v) is 11.2. The number of carbonyl (C=O) groups excluding carboxylic acids is 1. The van der Waals surface area contributed by atoms with Crippen LogP contribution in [0.25, 0.3) is 10.9 Å². The Morgan fingerprint density at radius 3 is 2.33 bits per heavy atom. The molecule has 0 unspecified atom stereocenters. The molecule has 0 aliphatic carbocycles. The predicted molar refractivity (Wildman–Crippen MR) is 142 cm³/mol. The number of pyridine rings is 1. The highest BCUT2D eigenvalue weighted by molar-refractivity contribution is 6.05. The lowest BCUT2D eigenvalue weighted by Gasteiger charge is -2.52. The van der Waals surface area contributed by atoms with Gasteiger partial charge in [-0.1, -0.05) is 24.3 Å². The highest BCUT2D eigenvalue weighted by atomic mass is 19.4. The Bertz CT molecular complexity index is 1340. The number of fused-ring (bicyclic) bond motifs is 1. The van der Waals surface area contributed by atoms with Crippen LogP contribution in [0.4, 0.5) is 13.2 Å². The molecule has 3 aromatic rings. The summed E-state index contributed by atoms with van der Waals surface area (Å²) in [6.07, 6.45) is -1.08. The molecule has 208 valence electrons. The number of alkyl halides is 3. The molecule has 0 spiro atoms. The number of aromatic nitrogens is 1. The van der Waals surface area contributed by atoms with E-state index >= 15 is 0 Å². The van der Waals surface area contributed by atoms with E-state index in [1.807, 2.05) is 23.1 Å². The number of para-hydroxylation sites is 1. The van der Waals surface area contributed by atoms with Crippen molar-refractivity contribution in [1.82, 2.24) is 14.7 Å². The molecule has 2 saturated heterocycles. The van der Waals surface area contributed by atoms with Crippen molar-refractivity contribution in [3.63, 3.8) is 0 Å². The van der Waals surface area contributed by atoms with Crippen LogP contribution in [0.2, 0.25) is 0 Å². The molecule has 2 aliphatic heterocycles. The number of halogens is 3. The van der Waals surface area contributed by atoms with Crippen molar-refractivity contribution in [2.75, 3.05) is 32.7 Å². The van der Waals surface area contributed by atoms with Crippen molar-refractivity contribution in [1.29, 1.82) is 0 Å². The van der Waals surface area contributed by atoms with Crippen LogP contribution in [0.1, 0.15) is 61.1 Å². The predicted octanol–water partition coefficient (Wildman–Crippen LogP) is 5.15. The number of nitrogens with zero attached hydrogens (tertiary/aromatic N) is 4. The minimum absolute atomic E-state index is 0.0163. The lowest BCUT2D eigenvalue weighted by molar-refractivity contribution is -0.884. The van der Waals surface area contributed by atoms with Gasteiger partial charge in [0.1, 0.15) is 0 Å². The summed E-state index contributed by atoms with van der Waals surface area (Å²) in [6.45, 7) is 10.4. The van der Waals surface area contributed by atoms with Crippen LogP contribution in [-0.2, 0) is 6.18 Å². The van der Waals surface area contributed by atoms with Gasteiger partial charge in [0.05, 0.1) is 16.5 Å². The van der Waals surface area contributed by atoms with Gasteiger partial charge in [-0.05, 0) is 57.4 Å². The molecule has 2 fully saturated rings. The number of likely N-dealkylation sites (tertiary alicyclic amines) is 1. The summed E-state index contributed by atoms with van der Waals surface area (Å²) >= 11 is 0. The quantitative estimate of drug-likeness (QED) is 0.367. The molecule has 5 rings (SSSR count). The van der Waals surface area contributed by atoms with Crippen molar-refractivity contribution in [2.45, 2.75) is 57.4 Å². The number of hydrogen-bond donors (Lipinski definition) is 1. The maximum Gasteiger partial charge on any atom is 0.416 e. The summed E-state index contributed by atoms with van der Waals surface area (Å²) in [4.78, 5) is 20.3. The zero-order valence-corrected chi connectivity index (χ0v) is 22.7. The third-order valence-electron chi connectivity index (χ3n) is 8.84. The van der Waals surface area contributed by atoms with Crippen molar-refractivity contribution < 1.29 is 27.9 Å². The van der Waals surface area contributed by atoms with Gasteiger partial charge in [0.2, 0.25) is 6.20 Å². The molecule has 1 aromatic heterocycles. The summed E-state index contributed by atoms with van der Waals surface area (Å²) < 4.78 is 40.0. The number of piperazine rings is 1. The van der Waals surface area contributed by atoms with Crippen LogP contribution >= 0.6 is 0 Å². The molecule has 9 heteroatoms. The topological polar surface area (TPSA) is 50.9 Å². The van der Waals surface area contributed by atoms with Crippen molar-refractivity contribution in [3.8, 4) is 0 Å². The zero-order valence-electron chi connectivity index (χ0n) is 22.7. The fraction of sp³-hybridized carbons (Fsp3) is 0.467. The molecule has 2 atom stereocenters. The Labute approximate surface area is 227 Å².